The van der Waals surface area contributed by atoms with E-state index < -0.39 is 38.5 Å². The van der Waals surface area contributed by atoms with Crippen molar-refractivity contribution in [3.05, 3.63) is 52.3 Å². The van der Waals surface area contributed by atoms with Crippen LogP contribution in [0.25, 0.3) is 0 Å². The number of ketones is 1. The number of aldehydes is 1. The molecule has 7 nitrogen and oxygen atoms in total. The van der Waals surface area contributed by atoms with Gasteiger partial charge < -0.3 is 9.84 Å². The number of aliphatic hydroxyl groups excluding tert-OH is 1. The lowest BCUT2D eigenvalue weighted by Gasteiger charge is -2.32. The van der Waals surface area contributed by atoms with Gasteiger partial charge in [0.15, 0.2) is 12.1 Å². The van der Waals surface area contributed by atoms with Gasteiger partial charge in [0.25, 0.3) is 0 Å². The van der Waals surface area contributed by atoms with Crippen LogP contribution >= 0.6 is 0 Å². The van der Waals surface area contributed by atoms with E-state index in [2.05, 4.69) is 0 Å². The van der Waals surface area contributed by atoms with Gasteiger partial charge >= 0.3 is 6.18 Å². The number of benzene rings is 1. The Labute approximate surface area is 203 Å². The summed E-state index contributed by atoms with van der Waals surface area (Å²) in [5.74, 6) is 0.00192. The maximum Gasteiger partial charge on any atom is 0.416 e. The van der Waals surface area contributed by atoms with Crippen LogP contribution in [0.2, 0.25) is 0 Å². The molecule has 1 N–H and O–H groups in total. The highest BCUT2D eigenvalue weighted by molar-refractivity contribution is 7.89. The van der Waals surface area contributed by atoms with E-state index in [-0.39, 0.29) is 12.2 Å². The molecule has 194 valence electrons. The number of carbonyl (C=O) groups excluding carboxylic acids is 2. The summed E-state index contributed by atoms with van der Waals surface area (Å²) in [5.41, 5.74) is 0.121. The first-order valence-corrected chi connectivity index (χ1v) is 12.6. The summed E-state index contributed by atoms with van der Waals surface area (Å²) in [5, 5.41) is 7.00. The second-order valence-corrected chi connectivity index (χ2v) is 10.2. The van der Waals surface area contributed by atoms with Crippen LogP contribution in [0.4, 0.5) is 13.2 Å². The van der Waals surface area contributed by atoms with Gasteiger partial charge in [-0.15, -0.1) is 0 Å². The number of Topliss-reactive ketones (excluding diaryl/α,β-unsaturated/α-hetero) is 1. The van der Waals surface area contributed by atoms with Crippen molar-refractivity contribution in [2.75, 3.05) is 20.8 Å². The number of nitrogens with zero attached hydrogens (tertiary/aromatic N) is 1. The minimum atomic E-state index is -4.80. The third-order valence-corrected chi connectivity index (χ3v) is 7.86. The maximum absolute atomic E-state index is 13.5. The number of sulfonamides is 1. The Morgan fingerprint density at radius 1 is 1.20 bits per heavy atom. The van der Waals surface area contributed by atoms with Crippen LogP contribution in [0.5, 0.6) is 0 Å². The molecule has 0 bridgehead atoms. The summed E-state index contributed by atoms with van der Waals surface area (Å²) in [6.07, 6.45) is 1.67. The fourth-order valence-corrected chi connectivity index (χ4v) is 5.77. The number of likely N-dealkylation sites (N-methyl/N-ethyl adjacent to an activating group) is 1. The van der Waals surface area contributed by atoms with E-state index >= 15 is 0 Å². The standard InChI is InChI=1S/C23H26F3NO5S.CH4O/c1-15(29)16-12-17(23(24,25)26)14-18(13-16)33(30,31)27(2)21-8-4-3-6-20-19(21)7-5-9-22(20)32-11-10-28;1-2/h7,10,12-14,21H,3-6,8-9,11H2,1-2H3;2H,1H3. The second kappa shape index (κ2) is 12.0. The third-order valence-electron chi connectivity index (χ3n) is 6.02. The summed E-state index contributed by atoms with van der Waals surface area (Å²) >= 11 is 0. The van der Waals surface area contributed by atoms with Crippen molar-refractivity contribution in [3.8, 4) is 0 Å². The van der Waals surface area contributed by atoms with Gasteiger partial charge in [-0.2, -0.15) is 17.5 Å². The number of aliphatic hydroxyl groups is 1. The van der Waals surface area contributed by atoms with Crippen molar-refractivity contribution in [2.24, 2.45) is 0 Å². The molecular weight excluding hydrogens is 487 g/mol. The van der Waals surface area contributed by atoms with Crippen LogP contribution in [0, 0.1) is 0 Å². The van der Waals surface area contributed by atoms with Gasteiger partial charge in [-0.1, -0.05) is 12.5 Å². The second-order valence-electron chi connectivity index (χ2n) is 8.16. The van der Waals surface area contributed by atoms with Gasteiger partial charge in [-0.05, 0) is 62.0 Å². The Bertz CT molecular complexity index is 1110. The highest BCUT2D eigenvalue weighted by Crippen LogP contribution is 2.39. The topological polar surface area (TPSA) is 101 Å². The van der Waals surface area contributed by atoms with E-state index in [4.69, 9.17) is 9.84 Å². The number of hydrogen-bond acceptors (Lipinski definition) is 6. The van der Waals surface area contributed by atoms with Gasteiger partial charge in [0.2, 0.25) is 10.0 Å². The Kier molecular flexibility index (Phi) is 9.82. The molecule has 1 fully saturated rings. The van der Waals surface area contributed by atoms with E-state index in [0.29, 0.717) is 56.3 Å². The third kappa shape index (κ3) is 6.59. The summed E-state index contributed by atoms with van der Waals surface area (Å²) in [4.78, 5) is 22.0. The first-order chi connectivity index (χ1) is 16.5. The molecule has 3 rings (SSSR count). The van der Waals surface area contributed by atoms with Gasteiger partial charge in [-0.3, -0.25) is 9.59 Å². The van der Waals surface area contributed by atoms with E-state index in [1.807, 2.05) is 6.08 Å². The zero-order chi connectivity index (χ0) is 26.4. The molecule has 0 amide bonds. The molecule has 0 aromatic heterocycles. The number of alkyl halides is 3. The van der Waals surface area contributed by atoms with Crippen LogP contribution in [0.3, 0.4) is 0 Å². The molecular formula is C24H30F3NO6S. The predicted molar refractivity (Wildman–Crippen MR) is 123 cm³/mol. The summed E-state index contributed by atoms with van der Waals surface area (Å²) in [6, 6.07) is 1.62. The highest BCUT2D eigenvalue weighted by Gasteiger charge is 2.37. The zero-order valence-corrected chi connectivity index (χ0v) is 20.7. The largest absolute Gasteiger partial charge is 0.490 e. The van der Waals surface area contributed by atoms with Crippen LogP contribution in [-0.4, -0.2) is 56.7 Å². The van der Waals surface area contributed by atoms with E-state index in [0.717, 1.165) is 42.0 Å². The van der Waals surface area contributed by atoms with Crippen LogP contribution in [0.1, 0.15) is 61.4 Å². The normalized spacial score (nSPS) is 18.6. The minimum Gasteiger partial charge on any atom is -0.490 e. The van der Waals surface area contributed by atoms with Crippen molar-refractivity contribution in [3.63, 3.8) is 0 Å². The summed E-state index contributed by atoms with van der Waals surface area (Å²) < 4.78 is 73.8. The summed E-state index contributed by atoms with van der Waals surface area (Å²) in [7, 11) is -2.01. The smallest absolute Gasteiger partial charge is 0.416 e. The SMILES string of the molecule is CC(=O)c1cc(C(F)(F)F)cc(S(=O)(=O)N(C)C2CCCCC3=C(OCC=O)CCC=C32)c1.CO. The van der Waals surface area contributed by atoms with E-state index in [1.54, 1.807) is 0 Å². The Morgan fingerprint density at radius 2 is 1.89 bits per heavy atom. The van der Waals surface area contributed by atoms with Gasteiger partial charge in [0.05, 0.1) is 10.5 Å². The molecule has 1 aromatic carbocycles. The number of allylic oxidation sites excluding steroid dienone is 2. The quantitative estimate of drug-likeness (QED) is 0.428. The molecule has 35 heavy (non-hydrogen) atoms. The lowest BCUT2D eigenvalue weighted by molar-refractivity contribution is -0.137. The summed E-state index contributed by atoms with van der Waals surface area (Å²) in [6.45, 7) is 0.995. The van der Waals surface area contributed by atoms with Crippen molar-refractivity contribution < 1.29 is 41.0 Å². The molecule has 0 radical (unpaired) electrons. The number of halogens is 3. The van der Waals surface area contributed by atoms with Gasteiger partial charge in [-0.25, -0.2) is 8.42 Å². The van der Waals surface area contributed by atoms with Gasteiger partial charge in [0.1, 0.15) is 12.4 Å². The molecule has 1 aromatic rings. The molecule has 1 atom stereocenters. The number of rotatable bonds is 7. The molecule has 1 saturated carbocycles. The molecule has 11 heteroatoms. The monoisotopic (exact) mass is 517 g/mol. The molecule has 1 unspecified atom stereocenters. The first-order valence-electron chi connectivity index (χ1n) is 11.1. The number of fused-ring (bicyclic) bond motifs is 1. The Morgan fingerprint density at radius 3 is 2.49 bits per heavy atom. The predicted octanol–water partition coefficient (Wildman–Crippen LogP) is 4.27. The van der Waals surface area contributed by atoms with Crippen molar-refractivity contribution in [1.29, 1.82) is 0 Å². The first kappa shape index (κ1) is 28.7. The lowest BCUT2D eigenvalue weighted by Crippen LogP contribution is -2.39. The van der Waals surface area contributed by atoms with Crippen LogP contribution in [0.15, 0.2) is 46.1 Å². The van der Waals surface area contributed by atoms with E-state index in [1.165, 1.54) is 7.05 Å². The number of ether oxygens (including phenoxy) is 1. The molecule has 0 heterocycles. The van der Waals surface area contributed by atoms with Crippen LogP contribution in [-0.2, 0) is 25.7 Å². The average Bonchev–Trinajstić information content (AvgIpc) is 3.05. The number of hydrogen-bond donors (Lipinski definition) is 1. The zero-order valence-electron chi connectivity index (χ0n) is 19.9. The van der Waals surface area contributed by atoms with Crippen molar-refractivity contribution >= 4 is 22.1 Å². The molecule has 2 aliphatic carbocycles. The average molecular weight is 518 g/mol. The van der Waals surface area contributed by atoms with Crippen molar-refractivity contribution in [1.82, 2.24) is 4.31 Å². The Hall–Kier alpha value is -2.50. The highest BCUT2D eigenvalue weighted by atomic mass is 32.2. The fourth-order valence-electron chi connectivity index (χ4n) is 4.33. The fraction of sp³-hybridized carbons (Fsp3) is 0.500. The van der Waals surface area contributed by atoms with Crippen molar-refractivity contribution in [2.45, 2.75) is 62.6 Å². The lowest BCUT2D eigenvalue weighted by atomic mass is 9.89. The molecule has 0 saturated heterocycles. The Balaban J connectivity index is 0.00000210. The number of carbonyl (C=O) groups is 2. The molecule has 2 aliphatic rings. The minimum absolute atomic E-state index is 0.0943. The maximum atomic E-state index is 13.5. The van der Waals surface area contributed by atoms with Gasteiger partial charge in [0, 0.05) is 32.2 Å². The van der Waals surface area contributed by atoms with Crippen LogP contribution < -0.4 is 0 Å². The molecule has 0 aliphatic heterocycles. The molecule has 0 spiro atoms. The van der Waals surface area contributed by atoms with E-state index in [9.17, 15) is 31.2 Å².